The molecule has 0 saturated carbocycles. The minimum absolute atomic E-state index is 0.395. The van der Waals surface area contributed by atoms with Crippen LogP contribution in [0, 0.1) is 5.41 Å². The van der Waals surface area contributed by atoms with Gasteiger partial charge in [0.15, 0.2) is 5.96 Å². The number of guanidine groups is 1. The molecule has 0 aromatic carbocycles. The van der Waals surface area contributed by atoms with Gasteiger partial charge in [-0.05, 0) is 32.1 Å². The van der Waals surface area contributed by atoms with E-state index in [0.717, 1.165) is 51.8 Å². The van der Waals surface area contributed by atoms with E-state index in [2.05, 4.69) is 15.2 Å². The molecule has 1 N–H and O–H groups in total. The van der Waals surface area contributed by atoms with Gasteiger partial charge in [0.1, 0.15) is 0 Å². The topological polar surface area (TPSA) is 46.1 Å². The van der Waals surface area contributed by atoms with E-state index in [1.807, 2.05) is 7.05 Å². The number of likely N-dealkylation sites (tertiary alicyclic amines) is 1. The standard InChI is InChI=1S/C15H27N3O2/c1-16-14(17-7-4-13-3-2-9-20-13)18-8-5-15(11-18)6-10-19-12-15/h13H,2-12H2,1H3,(H,16,17). The predicted octanol–water partition coefficient (Wildman–Crippen LogP) is 1.24. The molecule has 0 amide bonds. The molecule has 3 aliphatic heterocycles. The van der Waals surface area contributed by atoms with Crippen LogP contribution in [0.4, 0.5) is 0 Å². The fraction of sp³-hybridized carbons (Fsp3) is 0.933. The zero-order valence-electron chi connectivity index (χ0n) is 12.6. The number of nitrogens with one attached hydrogen (secondary N) is 1. The summed E-state index contributed by atoms with van der Waals surface area (Å²) < 4.78 is 11.2. The lowest BCUT2D eigenvalue weighted by Crippen LogP contribution is -2.42. The third-order valence-corrected chi connectivity index (χ3v) is 4.91. The van der Waals surface area contributed by atoms with E-state index in [1.54, 1.807) is 0 Å². The highest BCUT2D eigenvalue weighted by Crippen LogP contribution is 2.38. The zero-order valence-corrected chi connectivity index (χ0v) is 12.6. The zero-order chi connectivity index (χ0) is 13.8. The van der Waals surface area contributed by atoms with Gasteiger partial charge in [-0.15, -0.1) is 0 Å². The van der Waals surface area contributed by atoms with Gasteiger partial charge < -0.3 is 19.7 Å². The molecule has 0 bridgehead atoms. The lowest BCUT2D eigenvalue weighted by molar-refractivity contribution is 0.105. The molecular formula is C15H27N3O2. The molecule has 0 aromatic rings. The van der Waals surface area contributed by atoms with Crippen LogP contribution in [0.1, 0.15) is 32.1 Å². The third kappa shape index (κ3) is 3.09. The van der Waals surface area contributed by atoms with E-state index in [9.17, 15) is 0 Å². The Hall–Kier alpha value is -0.810. The predicted molar refractivity (Wildman–Crippen MR) is 79.0 cm³/mol. The van der Waals surface area contributed by atoms with Crippen molar-refractivity contribution < 1.29 is 9.47 Å². The molecule has 20 heavy (non-hydrogen) atoms. The van der Waals surface area contributed by atoms with Crippen LogP contribution >= 0.6 is 0 Å². The number of hydrogen-bond acceptors (Lipinski definition) is 3. The molecule has 0 aromatic heterocycles. The maximum atomic E-state index is 5.66. The number of ether oxygens (including phenoxy) is 2. The second kappa shape index (κ2) is 6.31. The molecule has 3 heterocycles. The Morgan fingerprint density at radius 2 is 2.35 bits per heavy atom. The van der Waals surface area contributed by atoms with Gasteiger partial charge in [-0.3, -0.25) is 4.99 Å². The summed E-state index contributed by atoms with van der Waals surface area (Å²) in [5, 5.41) is 3.50. The van der Waals surface area contributed by atoms with E-state index in [4.69, 9.17) is 9.47 Å². The van der Waals surface area contributed by atoms with Gasteiger partial charge in [0.25, 0.3) is 0 Å². The first-order chi connectivity index (χ1) is 9.81. The molecule has 5 heteroatoms. The number of rotatable bonds is 3. The lowest BCUT2D eigenvalue weighted by Gasteiger charge is -2.25. The van der Waals surface area contributed by atoms with Gasteiger partial charge in [-0.2, -0.15) is 0 Å². The van der Waals surface area contributed by atoms with E-state index in [0.29, 0.717) is 11.5 Å². The molecule has 0 radical (unpaired) electrons. The van der Waals surface area contributed by atoms with Crippen molar-refractivity contribution in [2.75, 3.05) is 46.5 Å². The summed E-state index contributed by atoms with van der Waals surface area (Å²) in [6.07, 6.45) is 6.41. The fourth-order valence-electron chi connectivity index (χ4n) is 3.64. The SMILES string of the molecule is CN=C(NCCC1CCCO1)N1CCC2(CCOC2)C1. The Morgan fingerprint density at radius 3 is 3.05 bits per heavy atom. The number of aliphatic imine (C=N–C) groups is 1. The highest BCUT2D eigenvalue weighted by molar-refractivity contribution is 5.80. The van der Waals surface area contributed by atoms with E-state index in [-0.39, 0.29) is 0 Å². The van der Waals surface area contributed by atoms with E-state index in [1.165, 1.54) is 25.7 Å². The van der Waals surface area contributed by atoms with Crippen molar-refractivity contribution in [2.24, 2.45) is 10.4 Å². The third-order valence-electron chi connectivity index (χ3n) is 4.91. The molecule has 114 valence electrons. The second-order valence-electron chi connectivity index (χ2n) is 6.37. The van der Waals surface area contributed by atoms with Crippen LogP contribution in [-0.2, 0) is 9.47 Å². The van der Waals surface area contributed by atoms with Crippen LogP contribution in [0.15, 0.2) is 4.99 Å². The molecule has 3 rings (SSSR count). The van der Waals surface area contributed by atoms with Gasteiger partial charge in [0.05, 0.1) is 12.7 Å². The monoisotopic (exact) mass is 281 g/mol. The Morgan fingerprint density at radius 1 is 1.40 bits per heavy atom. The van der Waals surface area contributed by atoms with E-state index >= 15 is 0 Å². The first kappa shape index (κ1) is 14.1. The average Bonchev–Trinajstić information content (AvgIpc) is 3.19. The van der Waals surface area contributed by atoms with Crippen molar-refractivity contribution in [3.8, 4) is 0 Å². The van der Waals surface area contributed by atoms with Crippen LogP contribution < -0.4 is 5.32 Å². The summed E-state index contributed by atoms with van der Waals surface area (Å²) >= 11 is 0. The summed E-state index contributed by atoms with van der Waals surface area (Å²) in [7, 11) is 1.88. The van der Waals surface area contributed by atoms with Crippen LogP contribution in [-0.4, -0.2) is 63.5 Å². The minimum atomic E-state index is 0.395. The molecule has 3 aliphatic rings. The quantitative estimate of drug-likeness (QED) is 0.624. The highest BCUT2D eigenvalue weighted by Gasteiger charge is 2.42. The van der Waals surface area contributed by atoms with Gasteiger partial charge in [0, 0.05) is 45.3 Å². The Labute approximate surface area is 121 Å². The maximum absolute atomic E-state index is 5.66. The van der Waals surface area contributed by atoms with Crippen molar-refractivity contribution in [2.45, 2.75) is 38.2 Å². The smallest absolute Gasteiger partial charge is 0.193 e. The van der Waals surface area contributed by atoms with Crippen LogP contribution in [0.2, 0.25) is 0 Å². The largest absolute Gasteiger partial charge is 0.381 e. The molecule has 2 atom stereocenters. The molecule has 3 fully saturated rings. The van der Waals surface area contributed by atoms with Gasteiger partial charge >= 0.3 is 0 Å². The molecule has 5 nitrogen and oxygen atoms in total. The Bertz CT molecular complexity index is 347. The fourth-order valence-corrected chi connectivity index (χ4v) is 3.64. The number of hydrogen-bond donors (Lipinski definition) is 1. The van der Waals surface area contributed by atoms with Crippen molar-refractivity contribution >= 4 is 5.96 Å². The summed E-state index contributed by atoms with van der Waals surface area (Å²) in [6.45, 7) is 5.94. The van der Waals surface area contributed by atoms with Crippen molar-refractivity contribution in [3.63, 3.8) is 0 Å². The Kier molecular flexibility index (Phi) is 4.46. The van der Waals surface area contributed by atoms with Gasteiger partial charge in [0.2, 0.25) is 0 Å². The molecule has 2 unspecified atom stereocenters. The maximum Gasteiger partial charge on any atom is 0.193 e. The molecule has 0 aliphatic carbocycles. The minimum Gasteiger partial charge on any atom is -0.381 e. The molecule has 1 spiro atoms. The average molecular weight is 281 g/mol. The van der Waals surface area contributed by atoms with E-state index < -0.39 is 0 Å². The van der Waals surface area contributed by atoms with Crippen molar-refractivity contribution in [1.82, 2.24) is 10.2 Å². The molecule has 3 saturated heterocycles. The Balaban J connectivity index is 1.45. The normalized spacial score (nSPS) is 34.4. The van der Waals surface area contributed by atoms with Crippen LogP contribution in [0.3, 0.4) is 0 Å². The summed E-state index contributed by atoms with van der Waals surface area (Å²) in [6, 6.07) is 0. The summed E-state index contributed by atoms with van der Waals surface area (Å²) in [5.41, 5.74) is 0.395. The van der Waals surface area contributed by atoms with Crippen LogP contribution in [0.5, 0.6) is 0 Å². The highest BCUT2D eigenvalue weighted by atomic mass is 16.5. The first-order valence-corrected chi connectivity index (χ1v) is 7.96. The lowest BCUT2D eigenvalue weighted by atomic mass is 9.87. The second-order valence-corrected chi connectivity index (χ2v) is 6.37. The van der Waals surface area contributed by atoms with Crippen LogP contribution in [0.25, 0.3) is 0 Å². The van der Waals surface area contributed by atoms with Gasteiger partial charge in [-0.1, -0.05) is 0 Å². The number of nitrogens with zero attached hydrogens (tertiary/aromatic N) is 2. The van der Waals surface area contributed by atoms with Crippen molar-refractivity contribution in [1.29, 1.82) is 0 Å². The summed E-state index contributed by atoms with van der Waals surface area (Å²) in [4.78, 5) is 6.83. The summed E-state index contributed by atoms with van der Waals surface area (Å²) in [5.74, 6) is 1.05. The first-order valence-electron chi connectivity index (χ1n) is 7.96. The van der Waals surface area contributed by atoms with Crippen molar-refractivity contribution in [3.05, 3.63) is 0 Å². The van der Waals surface area contributed by atoms with Gasteiger partial charge in [-0.25, -0.2) is 0 Å². The molecular weight excluding hydrogens is 254 g/mol.